The lowest BCUT2D eigenvalue weighted by atomic mass is 9.89. The number of hydrogen-bond acceptors (Lipinski definition) is 7. The van der Waals surface area contributed by atoms with E-state index in [1.807, 2.05) is 13.8 Å². The number of nitrogens with one attached hydrogen (secondary N) is 1. The first-order chi connectivity index (χ1) is 20.4. The van der Waals surface area contributed by atoms with E-state index in [4.69, 9.17) is 15.2 Å². The van der Waals surface area contributed by atoms with Crippen molar-refractivity contribution in [3.05, 3.63) is 23.3 Å². The number of nitrogens with two attached hydrogens (primary N) is 1. The van der Waals surface area contributed by atoms with Gasteiger partial charge in [0.2, 0.25) is 5.91 Å². The smallest absolute Gasteiger partial charge is 0.305 e. The van der Waals surface area contributed by atoms with E-state index in [0.29, 0.717) is 12.2 Å². The number of ether oxygens (including phenoxy) is 2. The summed E-state index contributed by atoms with van der Waals surface area (Å²) in [7, 11) is 0. The summed E-state index contributed by atoms with van der Waals surface area (Å²) in [5.41, 5.74) is 6.08. The predicted octanol–water partition coefficient (Wildman–Crippen LogP) is 7.75. The maximum Gasteiger partial charge on any atom is 0.305 e. The summed E-state index contributed by atoms with van der Waals surface area (Å²) in [5.74, 6) is -0.0178. The summed E-state index contributed by atoms with van der Waals surface area (Å²) in [5, 5.41) is 2.69. The van der Waals surface area contributed by atoms with Crippen LogP contribution in [-0.4, -0.2) is 41.7 Å². The third-order valence-corrected chi connectivity index (χ3v) is 7.96. The highest BCUT2D eigenvalue weighted by atomic mass is 16.5. The van der Waals surface area contributed by atoms with Crippen LogP contribution >= 0.6 is 0 Å². The molecule has 242 valence electrons. The maximum atomic E-state index is 13.1. The average Bonchev–Trinajstić information content (AvgIpc) is 2.90. The summed E-state index contributed by atoms with van der Waals surface area (Å²) in [6.45, 7) is 9.47. The van der Waals surface area contributed by atoms with Gasteiger partial charge in [0.15, 0.2) is 11.6 Å². The van der Waals surface area contributed by atoms with Gasteiger partial charge in [-0.3, -0.25) is 19.2 Å². The molecule has 1 aromatic rings. The summed E-state index contributed by atoms with van der Waals surface area (Å²) < 4.78 is 11.3. The lowest BCUT2D eigenvalue weighted by Crippen LogP contribution is -2.39. The molecule has 1 heterocycles. The van der Waals surface area contributed by atoms with Gasteiger partial charge in [0.1, 0.15) is 18.0 Å². The van der Waals surface area contributed by atoms with Crippen LogP contribution in [0.5, 0.6) is 5.75 Å². The van der Waals surface area contributed by atoms with E-state index in [2.05, 4.69) is 19.2 Å². The molecule has 0 bridgehead atoms. The van der Waals surface area contributed by atoms with Gasteiger partial charge >= 0.3 is 5.97 Å². The SMILES string of the molecule is CC(=O)NC(COC(=O)CCCCCCCCCCCCCCC(C)C)CC(=O)c1ccc2c(c1N)C(=O)CC(C)(C)O2. The Kier molecular flexibility index (Phi) is 15.8. The summed E-state index contributed by atoms with van der Waals surface area (Å²) in [6.07, 6.45) is 16.4. The number of carbonyl (C=O) groups excluding carboxylic acids is 4. The summed E-state index contributed by atoms with van der Waals surface area (Å²) in [6, 6.07) is 2.43. The maximum absolute atomic E-state index is 13.1. The molecule has 0 fully saturated rings. The number of rotatable bonds is 21. The Morgan fingerprint density at radius 3 is 2.05 bits per heavy atom. The lowest BCUT2D eigenvalue weighted by Gasteiger charge is -2.32. The Hall–Kier alpha value is -2.90. The van der Waals surface area contributed by atoms with E-state index in [-0.39, 0.29) is 59.7 Å². The minimum atomic E-state index is -0.699. The molecule has 1 aliphatic rings. The highest BCUT2D eigenvalue weighted by Gasteiger charge is 2.35. The van der Waals surface area contributed by atoms with Crippen LogP contribution in [0.2, 0.25) is 0 Å². The van der Waals surface area contributed by atoms with E-state index in [9.17, 15) is 19.2 Å². The molecule has 0 radical (unpaired) electrons. The molecule has 1 aromatic carbocycles. The zero-order valence-electron chi connectivity index (χ0n) is 27.4. The van der Waals surface area contributed by atoms with Crippen molar-refractivity contribution in [1.82, 2.24) is 5.32 Å². The van der Waals surface area contributed by atoms with Crippen LogP contribution in [0.15, 0.2) is 12.1 Å². The lowest BCUT2D eigenvalue weighted by molar-refractivity contribution is -0.145. The topological polar surface area (TPSA) is 125 Å². The van der Waals surface area contributed by atoms with Crippen LogP contribution in [0.3, 0.4) is 0 Å². The second kappa shape index (κ2) is 18.7. The first-order valence-electron chi connectivity index (χ1n) is 16.5. The average molecular weight is 601 g/mol. The third kappa shape index (κ3) is 14.0. The number of anilines is 1. The molecule has 1 aliphatic heterocycles. The molecular weight excluding hydrogens is 544 g/mol. The molecule has 43 heavy (non-hydrogen) atoms. The van der Waals surface area contributed by atoms with Crippen molar-refractivity contribution in [2.45, 2.75) is 149 Å². The molecule has 0 spiro atoms. The van der Waals surface area contributed by atoms with Crippen LogP contribution in [0.1, 0.15) is 158 Å². The highest BCUT2D eigenvalue weighted by Crippen LogP contribution is 2.38. The van der Waals surface area contributed by atoms with Crippen molar-refractivity contribution in [3.8, 4) is 5.75 Å². The molecule has 8 heteroatoms. The molecule has 2 rings (SSSR count). The van der Waals surface area contributed by atoms with Crippen molar-refractivity contribution in [2.75, 3.05) is 12.3 Å². The van der Waals surface area contributed by atoms with Gasteiger partial charge in [0, 0.05) is 25.3 Å². The first-order valence-corrected chi connectivity index (χ1v) is 16.5. The monoisotopic (exact) mass is 600 g/mol. The first kappa shape index (κ1) is 36.3. The van der Waals surface area contributed by atoms with Crippen LogP contribution in [0.25, 0.3) is 0 Å². The van der Waals surface area contributed by atoms with Crippen molar-refractivity contribution >= 4 is 29.1 Å². The minimum Gasteiger partial charge on any atom is -0.487 e. The zero-order chi connectivity index (χ0) is 31.8. The van der Waals surface area contributed by atoms with Gasteiger partial charge in [-0.05, 0) is 38.3 Å². The number of nitrogen functional groups attached to an aromatic ring is 1. The van der Waals surface area contributed by atoms with E-state index in [0.717, 1.165) is 25.2 Å². The standard InChI is InChI=1S/C35H56N2O6/c1-25(2)18-16-14-12-10-8-6-7-9-11-13-15-17-19-32(41)42-24-27(37-26(3)38)22-29(39)28-20-21-31-33(34(28)36)30(40)23-35(4,5)43-31/h20-21,25,27H,6-19,22-24,36H2,1-5H3,(H,37,38). The molecule has 0 aliphatic carbocycles. The summed E-state index contributed by atoms with van der Waals surface area (Å²) in [4.78, 5) is 49.9. The number of ketones is 2. The number of unbranched alkanes of at least 4 members (excludes halogenated alkanes) is 11. The van der Waals surface area contributed by atoms with Crippen LogP contribution in [-0.2, 0) is 14.3 Å². The number of amides is 1. The molecule has 8 nitrogen and oxygen atoms in total. The predicted molar refractivity (Wildman–Crippen MR) is 171 cm³/mol. The molecule has 0 saturated carbocycles. The van der Waals surface area contributed by atoms with Gasteiger partial charge < -0.3 is 20.5 Å². The van der Waals surface area contributed by atoms with Crippen LogP contribution in [0, 0.1) is 5.92 Å². The van der Waals surface area contributed by atoms with Gasteiger partial charge in [-0.25, -0.2) is 0 Å². The second-order valence-electron chi connectivity index (χ2n) is 13.2. The van der Waals surface area contributed by atoms with E-state index < -0.39 is 11.6 Å². The minimum absolute atomic E-state index is 0.0779. The number of esters is 1. The number of Topliss-reactive ketones (excluding diaryl/α,β-unsaturated/α-hetero) is 2. The quantitative estimate of drug-likeness (QED) is 0.0639. The Bertz CT molecular complexity index is 1060. The van der Waals surface area contributed by atoms with Gasteiger partial charge in [-0.2, -0.15) is 0 Å². The second-order valence-corrected chi connectivity index (χ2v) is 13.2. The number of benzene rings is 1. The Morgan fingerprint density at radius 1 is 0.930 bits per heavy atom. The fourth-order valence-electron chi connectivity index (χ4n) is 5.65. The van der Waals surface area contributed by atoms with Crippen molar-refractivity contribution in [2.24, 2.45) is 5.92 Å². The Labute approximate surface area is 259 Å². The molecule has 3 N–H and O–H groups in total. The Balaban J connectivity index is 1.66. The van der Waals surface area contributed by atoms with Gasteiger partial charge in [0.25, 0.3) is 0 Å². The fourth-order valence-corrected chi connectivity index (χ4v) is 5.65. The molecule has 0 saturated heterocycles. The third-order valence-electron chi connectivity index (χ3n) is 7.96. The largest absolute Gasteiger partial charge is 0.487 e. The summed E-state index contributed by atoms with van der Waals surface area (Å²) >= 11 is 0. The molecule has 1 atom stereocenters. The van der Waals surface area contributed by atoms with E-state index in [1.165, 1.54) is 77.2 Å². The molecule has 1 amide bonds. The Morgan fingerprint density at radius 2 is 1.49 bits per heavy atom. The normalized spacial score (nSPS) is 14.6. The van der Waals surface area contributed by atoms with Crippen molar-refractivity contribution in [1.29, 1.82) is 0 Å². The van der Waals surface area contributed by atoms with Gasteiger partial charge in [-0.15, -0.1) is 0 Å². The van der Waals surface area contributed by atoms with Gasteiger partial charge in [0.05, 0.1) is 23.7 Å². The van der Waals surface area contributed by atoms with Crippen LogP contribution < -0.4 is 15.8 Å². The van der Waals surface area contributed by atoms with Crippen molar-refractivity contribution < 1.29 is 28.7 Å². The van der Waals surface area contributed by atoms with Crippen molar-refractivity contribution in [3.63, 3.8) is 0 Å². The van der Waals surface area contributed by atoms with Crippen LogP contribution in [0.4, 0.5) is 5.69 Å². The van der Waals surface area contributed by atoms with E-state index >= 15 is 0 Å². The molecule has 0 aromatic heterocycles. The number of hydrogen-bond donors (Lipinski definition) is 2. The fraction of sp³-hybridized carbons (Fsp3) is 0.714. The molecule has 1 unspecified atom stereocenters. The zero-order valence-corrected chi connectivity index (χ0v) is 27.4. The molecular formula is C35H56N2O6. The highest BCUT2D eigenvalue weighted by molar-refractivity contribution is 6.11. The number of carbonyl (C=O) groups is 4. The number of fused-ring (bicyclic) bond motifs is 1. The van der Waals surface area contributed by atoms with E-state index in [1.54, 1.807) is 6.07 Å². The van der Waals surface area contributed by atoms with Gasteiger partial charge in [-0.1, -0.05) is 90.9 Å².